The summed E-state index contributed by atoms with van der Waals surface area (Å²) in [5.74, 6) is 1.28. The van der Waals surface area contributed by atoms with E-state index < -0.39 is 0 Å². The molecule has 1 aliphatic heterocycles. The maximum atomic E-state index is 12.1. The van der Waals surface area contributed by atoms with E-state index in [0.717, 1.165) is 46.9 Å². The number of hydrogen-bond acceptors (Lipinski definition) is 5. The quantitative estimate of drug-likeness (QED) is 0.728. The Kier molecular flexibility index (Phi) is 6.74. The summed E-state index contributed by atoms with van der Waals surface area (Å²) in [5, 5.41) is 8.60. The Labute approximate surface area is 158 Å². The van der Waals surface area contributed by atoms with E-state index >= 15 is 0 Å². The second-order valence-corrected chi connectivity index (χ2v) is 7.76. The molecule has 0 unspecified atom stereocenters. The van der Waals surface area contributed by atoms with Gasteiger partial charge in [0.1, 0.15) is 5.75 Å². The lowest BCUT2D eigenvalue weighted by molar-refractivity contribution is -0.123. The molecule has 6 heteroatoms. The van der Waals surface area contributed by atoms with Gasteiger partial charge >= 0.3 is 0 Å². The smallest absolute Gasteiger partial charge is 0.293 e. The molecule has 3 rings (SSSR count). The Hall–Kier alpha value is -1.79. The molecular weight excluding hydrogens is 350 g/mol. The number of nitrogens with zero attached hydrogens (tertiary/aromatic N) is 1. The van der Waals surface area contributed by atoms with Gasteiger partial charge in [0, 0.05) is 0 Å². The van der Waals surface area contributed by atoms with Crippen molar-refractivity contribution >= 4 is 29.0 Å². The highest BCUT2D eigenvalue weighted by molar-refractivity contribution is 8.18. The van der Waals surface area contributed by atoms with Crippen LogP contribution in [-0.2, 0) is 4.79 Å². The highest BCUT2D eigenvalue weighted by Gasteiger charge is 2.34. The molecule has 0 atom stereocenters. The average Bonchev–Trinajstić information content (AvgIpc) is 2.92. The van der Waals surface area contributed by atoms with Crippen LogP contribution in [0.25, 0.3) is 6.08 Å². The summed E-state index contributed by atoms with van der Waals surface area (Å²) in [6.07, 6.45) is 9.54. The van der Waals surface area contributed by atoms with E-state index in [1.54, 1.807) is 6.08 Å². The highest BCUT2D eigenvalue weighted by Crippen LogP contribution is 2.32. The molecule has 1 N–H and O–H groups in total. The zero-order chi connectivity index (χ0) is 18.4. The van der Waals surface area contributed by atoms with Crippen LogP contribution >= 0.6 is 11.8 Å². The number of benzene rings is 1. The van der Waals surface area contributed by atoms with Crippen molar-refractivity contribution in [1.29, 1.82) is 0 Å². The summed E-state index contributed by atoms with van der Waals surface area (Å²) in [7, 11) is 0. The van der Waals surface area contributed by atoms with Gasteiger partial charge in [0.15, 0.2) is 0 Å². The van der Waals surface area contributed by atoms with Gasteiger partial charge in [0.25, 0.3) is 11.1 Å². The van der Waals surface area contributed by atoms with Crippen LogP contribution in [0.3, 0.4) is 0 Å². The predicted octanol–water partition coefficient (Wildman–Crippen LogP) is 4.06. The predicted molar refractivity (Wildman–Crippen MR) is 103 cm³/mol. The van der Waals surface area contributed by atoms with Crippen molar-refractivity contribution in [2.45, 2.75) is 38.5 Å². The monoisotopic (exact) mass is 375 g/mol. The van der Waals surface area contributed by atoms with Crippen molar-refractivity contribution in [3.63, 3.8) is 0 Å². The molecule has 0 radical (unpaired) electrons. The molecule has 1 aromatic rings. The minimum atomic E-state index is -0.346. The zero-order valence-electron chi connectivity index (χ0n) is 14.9. The van der Waals surface area contributed by atoms with E-state index in [9.17, 15) is 9.59 Å². The third kappa shape index (κ3) is 4.89. The lowest BCUT2D eigenvalue weighted by Crippen LogP contribution is -2.30. The van der Waals surface area contributed by atoms with E-state index in [0.29, 0.717) is 4.91 Å². The fourth-order valence-corrected chi connectivity index (χ4v) is 4.29. The Morgan fingerprint density at radius 1 is 1.15 bits per heavy atom. The van der Waals surface area contributed by atoms with Gasteiger partial charge in [0.05, 0.1) is 24.7 Å². The number of β-amino-alcohol motifs (C(OH)–C–C–N with tert-alkyl or cyclic N) is 1. The van der Waals surface area contributed by atoms with Crippen molar-refractivity contribution in [3.8, 4) is 5.75 Å². The minimum Gasteiger partial charge on any atom is -0.494 e. The topological polar surface area (TPSA) is 66.8 Å². The molecular formula is C20H25NO4S. The number of rotatable bonds is 7. The lowest BCUT2D eigenvalue weighted by atomic mass is 9.87. The van der Waals surface area contributed by atoms with Crippen LogP contribution < -0.4 is 4.74 Å². The molecule has 2 amide bonds. The molecule has 1 saturated carbocycles. The van der Waals surface area contributed by atoms with Crippen LogP contribution in [0.4, 0.5) is 4.79 Å². The van der Waals surface area contributed by atoms with Gasteiger partial charge < -0.3 is 9.84 Å². The Bertz CT molecular complexity index is 665. The molecule has 0 aromatic heterocycles. The molecule has 2 aliphatic rings. The number of carbonyl (C=O) groups is 2. The van der Waals surface area contributed by atoms with Gasteiger partial charge in [-0.3, -0.25) is 14.5 Å². The van der Waals surface area contributed by atoms with Gasteiger partial charge in [-0.25, -0.2) is 0 Å². The number of aliphatic hydroxyl groups excluding tert-OH is 1. The first-order valence-corrected chi connectivity index (χ1v) is 10.1. The fraction of sp³-hybridized carbons (Fsp3) is 0.500. The minimum absolute atomic E-state index is 0.0375. The molecule has 1 aliphatic carbocycles. The van der Waals surface area contributed by atoms with Crippen molar-refractivity contribution in [2.75, 3.05) is 19.8 Å². The summed E-state index contributed by atoms with van der Waals surface area (Å²) < 4.78 is 5.84. The van der Waals surface area contributed by atoms with E-state index in [4.69, 9.17) is 9.84 Å². The summed E-state index contributed by atoms with van der Waals surface area (Å²) >= 11 is 0.907. The summed E-state index contributed by atoms with van der Waals surface area (Å²) in [6.45, 7) is 0.554. The number of carbonyl (C=O) groups excluding carboxylic acids is 2. The number of ether oxygens (including phenoxy) is 1. The molecule has 5 nitrogen and oxygen atoms in total. The normalized spacial score (nSPS) is 20.2. The SMILES string of the molecule is O=C1SC(=Cc2ccc(OCCC3CCCCC3)cc2)C(=O)N1CCO. The van der Waals surface area contributed by atoms with Gasteiger partial charge in [0.2, 0.25) is 0 Å². The van der Waals surface area contributed by atoms with Crippen LogP contribution in [0.2, 0.25) is 0 Å². The Morgan fingerprint density at radius 3 is 2.58 bits per heavy atom. The molecule has 2 fully saturated rings. The third-order valence-electron chi connectivity index (χ3n) is 4.89. The van der Waals surface area contributed by atoms with Crippen LogP contribution in [-0.4, -0.2) is 40.9 Å². The molecule has 26 heavy (non-hydrogen) atoms. The van der Waals surface area contributed by atoms with Gasteiger partial charge in [-0.05, 0) is 47.9 Å². The van der Waals surface area contributed by atoms with E-state index in [1.165, 1.54) is 32.1 Å². The third-order valence-corrected chi connectivity index (χ3v) is 5.80. The van der Waals surface area contributed by atoms with Crippen LogP contribution in [0, 0.1) is 5.92 Å². The van der Waals surface area contributed by atoms with Crippen LogP contribution in [0.15, 0.2) is 29.2 Å². The molecule has 0 bridgehead atoms. The molecule has 140 valence electrons. The molecule has 1 aromatic carbocycles. The van der Waals surface area contributed by atoms with Crippen molar-refractivity contribution in [2.24, 2.45) is 5.92 Å². The zero-order valence-corrected chi connectivity index (χ0v) is 15.7. The van der Waals surface area contributed by atoms with E-state index in [2.05, 4.69) is 0 Å². The lowest BCUT2D eigenvalue weighted by Gasteiger charge is -2.21. The van der Waals surface area contributed by atoms with Gasteiger partial charge in [-0.2, -0.15) is 0 Å². The maximum absolute atomic E-state index is 12.1. The summed E-state index contributed by atoms with van der Waals surface area (Å²) in [4.78, 5) is 25.4. The number of amides is 2. The van der Waals surface area contributed by atoms with Crippen molar-refractivity contribution < 1.29 is 19.4 Å². The van der Waals surface area contributed by atoms with Crippen LogP contribution in [0.1, 0.15) is 44.1 Å². The van der Waals surface area contributed by atoms with E-state index in [1.807, 2.05) is 24.3 Å². The first-order chi connectivity index (χ1) is 12.7. The van der Waals surface area contributed by atoms with Crippen molar-refractivity contribution in [3.05, 3.63) is 34.7 Å². The molecule has 1 saturated heterocycles. The van der Waals surface area contributed by atoms with Gasteiger partial charge in [-0.15, -0.1) is 0 Å². The highest BCUT2D eigenvalue weighted by atomic mass is 32.2. The second kappa shape index (κ2) is 9.24. The molecule has 1 heterocycles. The molecule has 0 spiro atoms. The average molecular weight is 375 g/mol. The standard InChI is InChI=1S/C20H25NO4S/c22-12-11-21-19(23)18(26-20(21)24)14-16-6-8-17(9-7-16)25-13-10-15-4-2-1-3-5-15/h6-9,14-15,22H,1-5,10-13H2. The fourth-order valence-electron chi connectivity index (χ4n) is 3.42. The Morgan fingerprint density at radius 2 is 1.88 bits per heavy atom. The summed E-state index contributed by atoms with van der Waals surface area (Å²) in [6, 6.07) is 7.56. The largest absolute Gasteiger partial charge is 0.494 e. The maximum Gasteiger partial charge on any atom is 0.293 e. The second-order valence-electron chi connectivity index (χ2n) is 6.77. The van der Waals surface area contributed by atoms with Crippen molar-refractivity contribution in [1.82, 2.24) is 4.90 Å². The Balaban J connectivity index is 1.52. The summed E-state index contributed by atoms with van der Waals surface area (Å²) in [5.41, 5.74) is 0.846. The number of hydrogen-bond donors (Lipinski definition) is 1. The first kappa shape index (κ1) is 19.0. The number of imide groups is 1. The van der Waals surface area contributed by atoms with E-state index in [-0.39, 0.29) is 24.3 Å². The first-order valence-electron chi connectivity index (χ1n) is 9.26. The van der Waals surface area contributed by atoms with Gasteiger partial charge in [-0.1, -0.05) is 44.2 Å². The number of aliphatic hydroxyl groups is 1. The number of thioether (sulfide) groups is 1. The van der Waals surface area contributed by atoms with Crippen LogP contribution in [0.5, 0.6) is 5.75 Å².